The van der Waals surface area contributed by atoms with E-state index in [1.165, 1.54) is 34.4 Å². The second kappa shape index (κ2) is 6.96. The molecule has 4 heteroatoms. The Morgan fingerprint density at radius 3 is 2.07 bits per heavy atom. The van der Waals surface area contributed by atoms with Crippen molar-refractivity contribution in [2.45, 2.75) is 25.2 Å². The molecule has 3 aliphatic carbocycles. The van der Waals surface area contributed by atoms with Crippen LogP contribution in [0.25, 0.3) is 0 Å². The second-order valence-electron chi connectivity index (χ2n) is 7.80. The molecule has 1 unspecified atom stereocenters. The van der Waals surface area contributed by atoms with Gasteiger partial charge in [0.05, 0.1) is 5.56 Å². The predicted octanol–water partition coefficient (Wildman–Crippen LogP) is 5.23. The Balaban J connectivity index is 1.47. The number of benzene rings is 3. The topological polar surface area (TPSA) is 41.5 Å². The lowest BCUT2D eigenvalue weighted by Crippen LogP contribution is -2.36. The van der Waals surface area contributed by atoms with Crippen molar-refractivity contribution in [3.05, 3.63) is 106 Å². The van der Waals surface area contributed by atoms with Crippen LogP contribution >= 0.6 is 0 Å². The number of nitrogens with one attached hydrogen (secondary N) is 1. The van der Waals surface area contributed by atoms with Crippen LogP contribution in [0.2, 0.25) is 0 Å². The van der Waals surface area contributed by atoms with Crippen molar-refractivity contribution in [3.8, 4) is 0 Å². The summed E-state index contributed by atoms with van der Waals surface area (Å²) in [5, 5.41) is 4.38. The highest BCUT2D eigenvalue weighted by Crippen LogP contribution is 2.55. The van der Waals surface area contributed by atoms with Gasteiger partial charge in [-0.2, -0.15) is 5.10 Å². The van der Waals surface area contributed by atoms with Crippen LogP contribution in [0.15, 0.2) is 77.9 Å². The van der Waals surface area contributed by atoms with Crippen molar-refractivity contribution >= 4 is 11.6 Å². The fourth-order valence-electron chi connectivity index (χ4n) is 4.97. The number of nitrogens with zero attached hydrogens (tertiary/aromatic N) is 1. The van der Waals surface area contributed by atoms with Crippen molar-refractivity contribution in [2.24, 2.45) is 11.0 Å². The Kier molecular flexibility index (Phi) is 4.27. The van der Waals surface area contributed by atoms with Crippen molar-refractivity contribution in [1.29, 1.82) is 0 Å². The molecule has 29 heavy (non-hydrogen) atoms. The molecule has 6 rings (SSSR count). The van der Waals surface area contributed by atoms with Gasteiger partial charge < -0.3 is 0 Å². The number of hydrogen-bond acceptors (Lipinski definition) is 2. The molecule has 3 nitrogen and oxygen atoms in total. The van der Waals surface area contributed by atoms with Gasteiger partial charge >= 0.3 is 0 Å². The van der Waals surface area contributed by atoms with Gasteiger partial charge in [-0.15, -0.1) is 0 Å². The molecule has 0 aliphatic heterocycles. The first-order chi connectivity index (χ1) is 14.1. The number of hydrogen-bond donors (Lipinski definition) is 1. The minimum atomic E-state index is -0.544. The van der Waals surface area contributed by atoms with Gasteiger partial charge in [0.2, 0.25) is 0 Å². The zero-order valence-electron chi connectivity index (χ0n) is 16.1. The SMILES string of the molecule is CC(=NNC(=O)c1ccccc1F)C1CC2c3ccccc3C1c1ccccc12. The molecule has 3 aliphatic rings. The number of amides is 1. The summed E-state index contributed by atoms with van der Waals surface area (Å²) in [5.41, 5.74) is 8.92. The lowest BCUT2D eigenvalue weighted by atomic mass is 9.58. The summed E-state index contributed by atoms with van der Waals surface area (Å²) < 4.78 is 13.9. The smallest absolute Gasteiger partial charge is 0.267 e. The molecule has 0 saturated carbocycles. The van der Waals surface area contributed by atoms with Gasteiger partial charge in [0.1, 0.15) is 5.82 Å². The van der Waals surface area contributed by atoms with Crippen molar-refractivity contribution in [1.82, 2.24) is 5.43 Å². The number of hydrazone groups is 1. The normalized spacial score (nSPS) is 22.0. The molecule has 1 atom stereocenters. The third-order valence-corrected chi connectivity index (χ3v) is 6.29. The van der Waals surface area contributed by atoms with Gasteiger partial charge in [-0.1, -0.05) is 60.7 Å². The Morgan fingerprint density at radius 1 is 0.897 bits per heavy atom. The molecule has 3 aromatic rings. The molecular formula is C25H21FN2O. The highest BCUT2D eigenvalue weighted by molar-refractivity contribution is 5.96. The van der Waals surface area contributed by atoms with Crippen LogP contribution in [0.3, 0.4) is 0 Å². The molecule has 0 aromatic heterocycles. The lowest BCUT2D eigenvalue weighted by Gasteiger charge is -2.45. The summed E-state index contributed by atoms with van der Waals surface area (Å²) in [6.45, 7) is 1.96. The highest BCUT2D eigenvalue weighted by Gasteiger charge is 2.44. The van der Waals surface area contributed by atoms with E-state index in [9.17, 15) is 9.18 Å². The van der Waals surface area contributed by atoms with Gasteiger partial charge in [-0.25, -0.2) is 9.82 Å². The fourth-order valence-corrected chi connectivity index (χ4v) is 4.97. The lowest BCUT2D eigenvalue weighted by molar-refractivity contribution is 0.0950. The minimum Gasteiger partial charge on any atom is -0.267 e. The van der Waals surface area contributed by atoms with E-state index in [-0.39, 0.29) is 17.4 Å². The average Bonchev–Trinajstić information content (AvgIpc) is 2.77. The summed E-state index contributed by atoms with van der Waals surface area (Å²) in [6.07, 6.45) is 0.962. The largest absolute Gasteiger partial charge is 0.274 e. The number of carbonyl (C=O) groups excluding carboxylic acids is 1. The van der Waals surface area contributed by atoms with Crippen LogP contribution in [0.1, 0.15) is 57.8 Å². The number of fused-ring (bicyclic) bond motifs is 1. The summed E-state index contributed by atoms with van der Waals surface area (Å²) >= 11 is 0. The quantitative estimate of drug-likeness (QED) is 0.488. The Hall–Kier alpha value is -3.27. The van der Waals surface area contributed by atoms with Crippen molar-refractivity contribution in [3.63, 3.8) is 0 Å². The Bertz CT molecular complexity index is 1090. The maximum atomic E-state index is 13.9. The number of halogens is 1. The van der Waals surface area contributed by atoms with Crippen LogP contribution in [0, 0.1) is 11.7 Å². The number of rotatable bonds is 3. The summed E-state index contributed by atoms with van der Waals surface area (Å²) in [7, 11) is 0. The average molecular weight is 384 g/mol. The van der Waals surface area contributed by atoms with E-state index in [1.807, 2.05) is 6.92 Å². The van der Waals surface area contributed by atoms with E-state index in [0.29, 0.717) is 5.92 Å². The van der Waals surface area contributed by atoms with Crippen LogP contribution in [-0.2, 0) is 0 Å². The first-order valence-electron chi connectivity index (χ1n) is 9.92. The van der Waals surface area contributed by atoms with Crippen molar-refractivity contribution < 1.29 is 9.18 Å². The first kappa shape index (κ1) is 17.8. The second-order valence-corrected chi connectivity index (χ2v) is 7.80. The third kappa shape index (κ3) is 2.87. The van der Waals surface area contributed by atoms with Crippen LogP contribution < -0.4 is 5.43 Å². The standard InChI is InChI=1S/C25H21FN2O/c1-15(27-28-25(29)20-12-6-7-13-23(20)26)21-14-22-16-8-2-4-10-18(16)24(21)19-11-5-3-9-17(19)22/h2-13,21-22,24H,14H2,1H3,(H,28,29). The van der Waals surface area contributed by atoms with Crippen LogP contribution in [-0.4, -0.2) is 11.6 Å². The molecule has 3 aromatic carbocycles. The summed E-state index contributed by atoms with van der Waals surface area (Å²) in [5.74, 6) is -0.307. The van der Waals surface area contributed by atoms with Crippen molar-refractivity contribution in [2.75, 3.05) is 0 Å². The molecule has 0 spiro atoms. The molecule has 1 amide bonds. The zero-order valence-corrected chi connectivity index (χ0v) is 16.1. The van der Waals surface area contributed by atoms with E-state index in [1.54, 1.807) is 12.1 Å². The van der Waals surface area contributed by atoms with E-state index >= 15 is 0 Å². The Morgan fingerprint density at radius 2 is 1.45 bits per heavy atom. The summed E-state index contributed by atoms with van der Waals surface area (Å²) in [6, 6.07) is 23.2. The van der Waals surface area contributed by atoms with Crippen LogP contribution in [0.5, 0.6) is 0 Å². The summed E-state index contributed by atoms with van der Waals surface area (Å²) in [4.78, 5) is 12.4. The molecule has 1 N–H and O–H groups in total. The van der Waals surface area contributed by atoms with Crippen LogP contribution in [0.4, 0.5) is 4.39 Å². The molecule has 0 heterocycles. The maximum Gasteiger partial charge on any atom is 0.274 e. The predicted molar refractivity (Wildman–Crippen MR) is 112 cm³/mol. The van der Waals surface area contributed by atoms with Gasteiger partial charge in [0.15, 0.2) is 0 Å². The van der Waals surface area contributed by atoms with E-state index in [2.05, 4.69) is 59.1 Å². The zero-order chi connectivity index (χ0) is 20.0. The van der Waals surface area contributed by atoms with E-state index in [0.717, 1.165) is 12.1 Å². The molecule has 0 saturated heterocycles. The number of carbonyl (C=O) groups is 1. The molecular weight excluding hydrogens is 363 g/mol. The molecule has 144 valence electrons. The highest BCUT2D eigenvalue weighted by atomic mass is 19.1. The van der Waals surface area contributed by atoms with Gasteiger partial charge in [-0.05, 0) is 47.7 Å². The third-order valence-electron chi connectivity index (χ3n) is 6.29. The van der Waals surface area contributed by atoms with Gasteiger partial charge in [0, 0.05) is 23.5 Å². The maximum absolute atomic E-state index is 13.9. The fraction of sp³-hybridized carbons (Fsp3) is 0.200. The molecule has 0 radical (unpaired) electrons. The molecule has 2 bridgehead atoms. The van der Waals surface area contributed by atoms with E-state index < -0.39 is 11.7 Å². The monoisotopic (exact) mass is 384 g/mol. The Labute approximate surface area is 169 Å². The first-order valence-corrected chi connectivity index (χ1v) is 9.92. The minimum absolute atomic E-state index is 0.00454. The van der Waals surface area contributed by atoms with Gasteiger partial charge in [0.25, 0.3) is 5.91 Å². The van der Waals surface area contributed by atoms with Gasteiger partial charge in [-0.3, -0.25) is 4.79 Å². The molecule has 0 fully saturated rings. The van der Waals surface area contributed by atoms with E-state index in [4.69, 9.17) is 0 Å².